The highest BCUT2D eigenvalue weighted by Gasteiger charge is 2.66. The summed E-state index contributed by atoms with van der Waals surface area (Å²) in [5, 5.41) is 30.3. The van der Waals surface area contributed by atoms with Gasteiger partial charge >= 0.3 is 0 Å². The van der Waals surface area contributed by atoms with Crippen LogP contribution < -0.4 is 11.2 Å². The Balaban J connectivity index is 1.42. The second kappa shape index (κ2) is 8.92. The van der Waals surface area contributed by atoms with E-state index in [0.29, 0.717) is 23.7 Å². The topological polar surface area (TPSA) is 103 Å². The van der Waals surface area contributed by atoms with Crippen LogP contribution in [0.2, 0.25) is 0 Å². The first-order valence-corrected chi connectivity index (χ1v) is 13.9. The molecule has 1 heterocycles. The van der Waals surface area contributed by atoms with Crippen molar-refractivity contribution >= 4 is 11.5 Å². The molecule has 5 aliphatic rings. The maximum absolute atomic E-state index is 12.5. The monoisotopic (exact) mass is 470 g/mol. The number of hydrazone groups is 1. The zero-order valence-corrected chi connectivity index (χ0v) is 21.5. The van der Waals surface area contributed by atoms with Gasteiger partial charge in [0.05, 0.1) is 11.7 Å². The zero-order valence-electron chi connectivity index (χ0n) is 21.5. The highest BCUT2D eigenvalue weighted by Crippen LogP contribution is 2.69. The van der Waals surface area contributed by atoms with E-state index < -0.39 is 5.60 Å². The van der Waals surface area contributed by atoms with Gasteiger partial charge in [0.2, 0.25) is 0 Å². The van der Waals surface area contributed by atoms with Crippen molar-refractivity contribution < 1.29 is 10.2 Å². The third-order valence-electron chi connectivity index (χ3n) is 11.2. The van der Waals surface area contributed by atoms with Gasteiger partial charge in [-0.15, -0.1) is 0 Å². The smallest absolute Gasteiger partial charge is 0.149 e. The Morgan fingerprint density at radius 3 is 2.68 bits per heavy atom. The van der Waals surface area contributed by atoms with Gasteiger partial charge in [0.25, 0.3) is 0 Å². The van der Waals surface area contributed by atoms with Gasteiger partial charge in [-0.25, -0.2) is 0 Å². The lowest BCUT2D eigenvalue weighted by atomic mass is 9.43. The molecule has 0 bridgehead atoms. The number of rotatable bonds is 4. The predicted molar refractivity (Wildman–Crippen MR) is 138 cm³/mol. The number of fused-ring (bicyclic) bond motifs is 5. The molecule has 190 valence electrons. The van der Waals surface area contributed by atoms with Gasteiger partial charge in [-0.2, -0.15) is 5.10 Å². The van der Waals surface area contributed by atoms with Gasteiger partial charge in [0, 0.05) is 18.5 Å². The van der Waals surface area contributed by atoms with Crippen molar-refractivity contribution in [3.63, 3.8) is 0 Å². The fraction of sp³-hybridized carbons (Fsp3) is 0.857. The first kappa shape index (κ1) is 24.3. The average Bonchev–Trinajstić information content (AvgIpc) is 3.10. The van der Waals surface area contributed by atoms with Crippen LogP contribution in [0.4, 0.5) is 0 Å². The van der Waals surface area contributed by atoms with E-state index in [0.717, 1.165) is 94.4 Å². The molecule has 5 rings (SSSR count). The number of hydrogen-bond acceptors (Lipinski definition) is 6. The van der Waals surface area contributed by atoms with Crippen LogP contribution in [0.15, 0.2) is 21.7 Å². The molecule has 4 fully saturated rings. The van der Waals surface area contributed by atoms with Gasteiger partial charge in [0.1, 0.15) is 11.5 Å². The molecular weight excluding hydrogens is 424 g/mol. The van der Waals surface area contributed by atoms with Crippen molar-refractivity contribution in [2.75, 3.05) is 13.1 Å². The van der Waals surface area contributed by atoms with Crippen molar-refractivity contribution in [3.05, 3.63) is 11.6 Å². The number of aliphatic imine (C=N–C) groups is 1. The molecule has 0 unspecified atom stereocenters. The molecular formula is C28H46N4O2. The summed E-state index contributed by atoms with van der Waals surface area (Å²) in [6, 6.07) is 0. The number of aliphatic hydroxyl groups excluding tert-OH is 1. The van der Waals surface area contributed by atoms with Crippen LogP contribution in [-0.4, -0.2) is 46.6 Å². The minimum Gasteiger partial charge on any atom is -0.393 e. The van der Waals surface area contributed by atoms with Crippen LogP contribution >= 0.6 is 0 Å². The van der Waals surface area contributed by atoms with E-state index in [9.17, 15) is 10.2 Å². The van der Waals surface area contributed by atoms with E-state index in [2.05, 4.69) is 42.3 Å². The number of allylic oxidation sites excluding steroid dienone is 1. The molecule has 0 aromatic carbocycles. The Hall–Kier alpha value is -1.40. The summed E-state index contributed by atoms with van der Waals surface area (Å²) < 4.78 is 0. The summed E-state index contributed by atoms with van der Waals surface area (Å²) >= 11 is 0. The van der Waals surface area contributed by atoms with Gasteiger partial charge in [-0.1, -0.05) is 26.8 Å². The molecule has 6 nitrogen and oxygen atoms in total. The highest BCUT2D eigenvalue weighted by molar-refractivity contribution is 6.47. The number of nitrogens with one attached hydrogen (secondary N) is 1. The Kier molecular flexibility index (Phi) is 6.37. The van der Waals surface area contributed by atoms with E-state index in [1.54, 1.807) is 0 Å². The van der Waals surface area contributed by atoms with Crippen LogP contribution in [0.1, 0.15) is 91.4 Å². The Bertz CT molecular complexity index is 884. The van der Waals surface area contributed by atoms with Crippen LogP contribution in [0.25, 0.3) is 0 Å². The van der Waals surface area contributed by atoms with Crippen molar-refractivity contribution in [1.82, 2.24) is 5.32 Å². The standard InChI is InChI=1S/C28H46N4O2/c1-4-18(24(32-29)25-30-14-5-15-31-25)16-20-8-13-28(34)23-7-6-19-17-21(33)9-11-26(19,2)22(23)10-12-27(20,28)3/h16,19-23,33-34H,4-15,17,29H2,1-3H3,(H,30,31)/b18-16+,32-24+/t19-,20-,21+,22+,23-,26+,27-,28+/m1/s1. The minimum atomic E-state index is -0.611. The molecule has 0 amide bonds. The SMILES string of the molecule is CCC(=C\[C@H]1CC[C@]2(O)[C@@H]3CC[C@@H]4C[C@@H](O)CC[C@]4(C)[C@H]3CC[C@]12C)/C(=N\N)C1=NCCCN1. The Morgan fingerprint density at radius 1 is 1.15 bits per heavy atom. The molecule has 0 spiro atoms. The van der Waals surface area contributed by atoms with Crippen molar-refractivity contribution in [1.29, 1.82) is 0 Å². The van der Waals surface area contributed by atoms with Crippen LogP contribution in [0, 0.1) is 34.5 Å². The Labute approximate surface area is 205 Å². The lowest BCUT2D eigenvalue weighted by Gasteiger charge is -2.63. The molecule has 1 aliphatic heterocycles. The van der Waals surface area contributed by atoms with Crippen LogP contribution in [-0.2, 0) is 0 Å². The fourth-order valence-corrected chi connectivity index (χ4v) is 9.11. The second-order valence-corrected chi connectivity index (χ2v) is 12.5. The molecule has 0 aromatic heterocycles. The first-order valence-electron chi connectivity index (χ1n) is 13.9. The number of nitrogens with zero attached hydrogens (tertiary/aromatic N) is 2. The Morgan fingerprint density at radius 2 is 1.97 bits per heavy atom. The number of nitrogens with two attached hydrogens (primary N) is 1. The van der Waals surface area contributed by atoms with Crippen LogP contribution in [0.5, 0.6) is 0 Å². The lowest BCUT2D eigenvalue weighted by Crippen LogP contribution is -2.62. The summed E-state index contributed by atoms with van der Waals surface area (Å²) in [5.41, 5.74) is 1.49. The lowest BCUT2D eigenvalue weighted by molar-refractivity contribution is -0.207. The molecule has 5 N–H and O–H groups in total. The number of aliphatic hydroxyl groups is 2. The van der Waals surface area contributed by atoms with Gasteiger partial charge < -0.3 is 21.4 Å². The summed E-state index contributed by atoms with van der Waals surface area (Å²) in [6.07, 6.45) is 13.6. The average molecular weight is 471 g/mol. The quantitative estimate of drug-likeness (QED) is 0.281. The first-order chi connectivity index (χ1) is 16.3. The summed E-state index contributed by atoms with van der Waals surface area (Å²) in [7, 11) is 0. The van der Waals surface area contributed by atoms with Crippen molar-refractivity contribution in [3.8, 4) is 0 Å². The summed E-state index contributed by atoms with van der Waals surface area (Å²) in [6.45, 7) is 8.74. The fourth-order valence-electron chi connectivity index (χ4n) is 9.11. The molecule has 0 saturated heterocycles. The van der Waals surface area contributed by atoms with Gasteiger partial charge in [-0.05, 0) is 105 Å². The summed E-state index contributed by atoms with van der Waals surface area (Å²) in [4.78, 5) is 4.65. The van der Waals surface area contributed by atoms with E-state index in [1.807, 2.05) is 0 Å². The highest BCUT2D eigenvalue weighted by atomic mass is 16.3. The molecule has 6 heteroatoms. The third-order valence-corrected chi connectivity index (χ3v) is 11.2. The summed E-state index contributed by atoms with van der Waals surface area (Å²) in [5.74, 6) is 8.60. The maximum Gasteiger partial charge on any atom is 0.149 e. The van der Waals surface area contributed by atoms with Gasteiger partial charge in [0.15, 0.2) is 0 Å². The number of amidine groups is 1. The molecule has 4 saturated carbocycles. The largest absolute Gasteiger partial charge is 0.393 e. The number of hydrogen-bond donors (Lipinski definition) is 4. The van der Waals surface area contributed by atoms with E-state index in [-0.39, 0.29) is 16.9 Å². The molecule has 0 radical (unpaired) electrons. The zero-order chi connectivity index (χ0) is 24.1. The molecule has 4 aliphatic carbocycles. The molecule has 34 heavy (non-hydrogen) atoms. The van der Waals surface area contributed by atoms with E-state index in [4.69, 9.17) is 5.84 Å². The van der Waals surface area contributed by atoms with Crippen molar-refractivity contribution in [2.24, 2.45) is 50.4 Å². The minimum absolute atomic E-state index is 0.118. The van der Waals surface area contributed by atoms with Crippen molar-refractivity contribution in [2.45, 2.75) is 103 Å². The second-order valence-electron chi connectivity index (χ2n) is 12.5. The van der Waals surface area contributed by atoms with E-state index >= 15 is 0 Å². The van der Waals surface area contributed by atoms with Gasteiger partial charge in [-0.3, -0.25) is 4.99 Å². The molecule has 0 aromatic rings. The molecule has 8 atom stereocenters. The maximum atomic E-state index is 12.5. The predicted octanol–water partition coefficient (Wildman–Crippen LogP) is 4.16. The van der Waals surface area contributed by atoms with Crippen LogP contribution in [0.3, 0.4) is 0 Å². The normalized spacial score (nSPS) is 47.2. The van der Waals surface area contributed by atoms with E-state index in [1.165, 1.54) is 6.42 Å². The third kappa shape index (κ3) is 3.57.